The summed E-state index contributed by atoms with van der Waals surface area (Å²) in [5.74, 6) is 0. The molecule has 0 saturated carbocycles. The first-order chi connectivity index (χ1) is 9.13. The van der Waals surface area contributed by atoms with Crippen molar-refractivity contribution in [3.05, 3.63) is 42.7 Å². The van der Waals surface area contributed by atoms with Gasteiger partial charge in [0.05, 0.1) is 0 Å². The minimum atomic E-state index is -0.0781. The summed E-state index contributed by atoms with van der Waals surface area (Å²) in [6, 6.07) is 3.77. The highest BCUT2D eigenvalue weighted by Gasteiger charge is 2.13. The van der Waals surface area contributed by atoms with Gasteiger partial charge in [-0.1, -0.05) is 12.1 Å². The minimum absolute atomic E-state index is 0.0781. The number of carbonyl (C=O) groups excluding carboxylic acids is 1. The average Bonchev–Trinajstić information content (AvgIpc) is 2.41. The van der Waals surface area contributed by atoms with Crippen molar-refractivity contribution < 1.29 is 4.79 Å². The van der Waals surface area contributed by atoms with Crippen molar-refractivity contribution in [3.8, 4) is 0 Å². The van der Waals surface area contributed by atoms with Gasteiger partial charge in [0.2, 0.25) is 0 Å². The van der Waals surface area contributed by atoms with E-state index in [4.69, 9.17) is 0 Å². The fourth-order valence-electron chi connectivity index (χ4n) is 1.56. The van der Waals surface area contributed by atoms with Crippen LogP contribution in [0.3, 0.4) is 0 Å². The second-order valence-corrected chi connectivity index (χ2v) is 4.56. The number of amides is 2. The zero-order valence-electron chi connectivity index (χ0n) is 11.7. The lowest BCUT2D eigenvalue weighted by molar-refractivity contribution is 0.190. The summed E-state index contributed by atoms with van der Waals surface area (Å²) < 4.78 is 0. The number of nitrogens with one attached hydrogen (secondary N) is 1. The molecule has 2 amide bonds. The first-order valence-electron chi connectivity index (χ1n) is 6.30. The van der Waals surface area contributed by atoms with Gasteiger partial charge in [-0.25, -0.2) is 4.79 Å². The third-order valence-electron chi connectivity index (χ3n) is 2.60. The van der Waals surface area contributed by atoms with Crippen LogP contribution >= 0.6 is 0 Å². The van der Waals surface area contributed by atoms with Gasteiger partial charge in [-0.3, -0.25) is 4.98 Å². The molecule has 0 radical (unpaired) electrons. The molecule has 0 saturated heterocycles. The number of hydrogen-bond acceptors (Lipinski definition) is 3. The Morgan fingerprint density at radius 1 is 1.47 bits per heavy atom. The molecule has 0 aliphatic carbocycles. The first kappa shape index (κ1) is 15.2. The average molecular weight is 262 g/mol. The molecule has 1 aromatic rings. The van der Waals surface area contributed by atoms with Crippen LogP contribution in [-0.2, 0) is 6.54 Å². The van der Waals surface area contributed by atoms with Crippen LogP contribution in [-0.4, -0.2) is 54.5 Å². The molecule has 5 nitrogen and oxygen atoms in total. The standard InChI is InChI=1S/C14H22N4O/c1-4-7-16-14(19)18(10-9-17(2)3)12-13-6-5-8-15-11-13/h4-6,8,11H,1,7,9-10,12H2,2-3H3,(H,16,19). The number of hydrogen-bond donors (Lipinski definition) is 1. The van der Waals surface area contributed by atoms with Crippen LogP contribution in [0.25, 0.3) is 0 Å². The molecule has 0 aliphatic rings. The van der Waals surface area contributed by atoms with E-state index in [1.807, 2.05) is 26.2 Å². The Morgan fingerprint density at radius 3 is 2.84 bits per heavy atom. The number of likely N-dealkylation sites (N-methyl/N-ethyl adjacent to an activating group) is 1. The summed E-state index contributed by atoms with van der Waals surface area (Å²) in [6.07, 6.45) is 5.18. The monoisotopic (exact) mass is 262 g/mol. The number of pyridine rings is 1. The molecule has 0 bridgehead atoms. The Labute approximate surface area is 114 Å². The molecule has 19 heavy (non-hydrogen) atoms. The maximum Gasteiger partial charge on any atom is 0.317 e. The third-order valence-corrected chi connectivity index (χ3v) is 2.60. The topological polar surface area (TPSA) is 48.5 Å². The van der Waals surface area contributed by atoms with Crippen molar-refractivity contribution >= 4 is 6.03 Å². The molecule has 1 heterocycles. The lowest BCUT2D eigenvalue weighted by Gasteiger charge is -2.24. The number of urea groups is 1. The van der Waals surface area contributed by atoms with Crippen LogP contribution in [0.4, 0.5) is 4.79 Å². The van der Waals surface area contributed by atoms with Gasteiger partial charge in [0, 0.05) is 38.6 Å². The van der Waals surface area contributed by atoms with Crippen molar-refractivity contribution in [2.75, 3.05) is 33.7 Å². The van der Waals surface area contributed by atoms with Gasteiger partial charge in [-0.2, -0.15) is 0 Å². The van der Waals surface area contributed by atoms with Crippen LogP contribution < -0.4 is 5.32 Å². The quantitative estimate of drug-likeness (QED) is 0.754. The van der Waals surface area contributed by atoms with Crippen molar-refractivity contribution in [3.63, 3.8) is 0 Å². The van der Waals surface area contributed by atoms with Crippen molar-refractivity contribution in [2.45, 2.75) is 6.54 Å². The number of aromatic nitrogens is 1. The minimum Gasteiger partial charge on any atom is -0.335 e. The van der Waals surface area contributed by atoms with Gasteiger partial charge in [0.1, 0.15) is 0 Å². The van der Waals surface area contributed by atoms with E-state index in [0.717, 1.165) is 12.1 Å². The van der Waals surface area contributed by atoms with Crippen molar-refractivity contribution in [2.24, 2.45) is 0 Å². The Balaban J connectivity index is 2.62. The zero-order valence-corrected chi connectivity index (χ0v) is 11.7. The molecule has 1 N–H and O–H groups in total. The van der Waals surface area contributed by atoms with E-state index in [1.165, 1.54) is 0 Å². The molecule has 1 aromatic heterocycles. The van der Waals surface area contributed by atoms with Crippen LogP contribution in [0.5, 0.6) is 0 Å². The molecular formula is C14H22N4O. The van der Waals surface area contributed by atoms with Gasteiger partial charge >= 0.3 is 6.03 Å². The predicted octanol–water partition coefficient (Wildman–Crippen LogP) is 1.34. The van der Waals surface area contributed by atoms with E-state index in [2.05, 4.69) is 21.8 Å². The summed E-state index contributed by atoms with van der Waals surface area (Å²) in [5, 5.41) is 2.81. The molecule has 0 unspecified atom stereocenters. The molecular weight excluding hydrogens is 240 g/mol. The fourth-order valence-corrected chi connectivity index (χ4v) is 1.56. The maximum atomic E-state index is 12.0. The van der Waals surface area contributed by atoms with Crippen LogP contribution in [0.2, 0.25) is 0 Å². The Morgan fingerprint density at radius 2 is 2.26 bits per heavy atom. The second kappa shape index (κ2) is 8.26. The summed E-state index contributed by atoms with van der Waals surface area (Å²) in [4.78, 5) is 19.9. The molecule has 0 fully saturated rings. The van der Waals surface area contributed by atoms with E-state index < -0.39 is 0 Å². The smallest absolute Gasteiger partial charge is 0.317 e. The van der Waals surface area contributed by atoms with E-state index in [9.17, 15) is 4.79 Å². The Hall–Kier alpha value is -1.88. The van der Waals surface area contributed by atoms with Gasteiger partial charge in [0.25, 0.3) is 0 Å². The van der Waals surface area contributed by atoms with Gasteiger partial charge in [-0.15, -0.1) is 6.58 Å². The zero-order chi connectivity index (χ0) is 14.1. The molecule has 5 heteroatoms. The summed E-state index contributed by atoms with van der Waals surface area (Å²) in [5.41, 5.74) is 1.02. The van der Waals surface area contributed by atoms with Crippen molar-refractivity contribution in [1.29, 1.82) is 0 Å². The molecule has 104 valence electrons. The highest BCUT2D eigenvalue weighted by Crippen LogP contribution is 2.03. The van der Waals surface area contributed by atoms with Crippen LogP contribution in [0.15, 0.2) is 37.2 Å². The SMILES string of the molecule is C=CCNC(=O)N(CCN(C)C)Cc1cccnc1. The van der Waals surface area contributed by atoms with Crippen molar-refractivity contribution in [1.82, 2.24) is 20.1 Å². The summed E-state index contributed by atoms with van der Waals surface area (Å²) in [7, 11) is 3.98. The van der Waals surface area contributed by atoms with Crippen LogP contribution in [0, 0.1) is 0 Å². The third kappa shape index (κ3) is 6.01. The number of rotatable bonds is 7. The maximum absolute atomic E-state index is 12.0. The Bertz CT molecular complexity index is 392. The normalized spacial score (nSPS) is 10.3. The molecule has 1 rings (SSSR count). The summed E-state index contributed by atoms with van der Waals surface area (Å²) >= 11 is 0. The van der Waals surface area contributed by atoms with Crippen LogP contribution in [0.1, 0.15) is 5.56 Å². The lowest BCUT2D eigenvalue weighted by Crippen LogP contribution is -2.42. The molecule has 0 spiro atoms. The van der Waals surface area contributed by atoms with E-state index in [-0.39, 0.29) is 6.03 Å². The fraction of sp³-hybridized carbons (Fsp3) is 0.429. The Kier molecular flexibility index (Phi) is 6.60. The molecule has 0 aromatic carbocycles. The lowest BCUT2D eigenvalue weighted by atomic mass is 10.2. The largest absolute Gasteiger partial charge is 0.335 e. The van der Waals surface area contributed by atoms with Gasteiger partial charge in [-0.05, 0) is 25.7 Å². The van der Waals surface area contributed by atoms with Gasteiger partial charge < -0.3 is 15.1 Å². The van der Waals surface area contributed by atoms with Gasteiger partial charge in [0.15, 0.2) is 0 Å². The number of nitrogens with zero attached hydrogens (tertiary/aromatic N) is 3. The van der Waals surface area contributed by atoms with E-state index in [0.29, 0.717) is 19.6 Å². The highest BCUT2D eigenvalue weighted by molar-refractivity contribution is 5.74. The summed E-state index contributed by atoms with van der Waals surface area (Å²) in [6.45, 7) is 6.13. The molecule has 0 aliphatic heterocycles. The predicted molar refractivity (Wildman–Crippen MR) is 76.8 cm³/mol. The number of carbonyl (C=O) groups is 1. The van der Waals surface area contributed by atoms with E-state index >= 15 is 0 Å². The first-order valence-corrected chi connectivity index (χ1v) is 6.30. The molecule has 0 atom stereocenters. The van der Waals surface area contributed by atoms with E-state index in [1.54, 1.807) is 23.4 Å². The second-order valence-electron chi connectivity index (χ2n) is 4.56. The highest BCUT2D eigenvalue weighted by atomic mass is 16.2.